The van der Waals surface area contributed by atoms with E-state index in [0.29, 0.717) is 5.69 Å². The third kappa shape index (κ3) is 4.88. The number of nitrogens with one attached hydrogen (secondary N) is 1. The largest absolute Gasteiger partial charge is 0.350 e. The number of nitrogens with zero attached hydrogens (tertiary/aromatic N) is 2. The molecule has 0 saturated heterocycles. The summed E-state index contributed by atoms with van der Waals surface area (Å²) < 4.78 is 14.0. The Bertz CT molecular complexity index is 980. The van der Waals surface area contributed by atoms with E-state index in [-0.39, 0.29) is 30.4 Å². The van der Waals surface area contributed by atoms with Gasteiger partial charge < -0.3 is 5.32 Å². The molecule has 0 unspecified atom stereocenters. The molecular weight excluding hydrogens is 345 g/mol. The molecule has 0 aliphatic rings. The van der Waals surface area contributed by atoms with Crippen LogP contribution in [0.25, 0.3) is 11.3 Å². The number of aryl methyl sites for hydroxylation is 1. The highest BCUT2D eigenvalue weighted by Crippen LogP contribution is 2.16. The lowest BCUT2D eigenvalue weighted by Crippen LogP contribution is -2.33. The fourth-order valence-electron chi connectivity index (χ4n) is 2.62. The van der Waals surface area contributed by atoms with Crippen LogP contribution in [-0.2, 0) is 24.3 Å². The quantitative estimate of drug-likeness (QED) is 0.731. The maximum absolute atomic E-state index is 12.9. The molecule has 1 amide bonds. The van der Waals surface area contributed by atoms with Crippen LogP contribution in [0.1, 0.15) is 18.1 Å². The molecule has 1 heterocycles. The van der Waals surface area contributed by atoms with Crippen molar-refractivity contribution >= 4 is 5.91 Å². The first-order valence-electron chi connectivity index (χ1n) is 8.74. The van der Waals surface area contributed by atoms with Crippen LogP contribution in [-0.4, -0.2) is 15.7 Å². The molecule has 1 aromatic heterocycles. The molecule has 2 aromatic carbocycles. The van der Waals surface area contributed by atoms with Crippen molar-refractivity contribution in [3.8, 4) is 11.3 Å². The molecular formula is C21H20FN3O2. The van der Waals surface area contributed by atoms with Crippen molar-refractivity contribution in [1.29, 1.82) is 0 Å². The van der Waals surface area contributed by atoms with Crippen LogP contribution in [0.3, 0.4) is 0 Å². The summed E-state index contributed by atoms with van der Waals surface area (Å²) in [5.74, 6) is -0.669. The second-order valence-electron chi connectivity index (χ2n) is 6.17. The Hall–Kier alpha value is -3.28. The van der Waals surface area contributed by atoms with Crippen molar-refractivity contribution in [3.05, 3.63) is 88.0 Å². The summed E-state index contributed by atoms with van der Waals surface area (Å²) in [5, 5.41) is 7.01. The van der Waals surface area contributed by atoms with E-state index in [0.717, 1.165) is 22.2 Å². The molecule has 3 rings (SSSR count). The van der Waals surface area contributed by atoms with E-state index in [1.807, 2.05) is 24.3 Å². The lowest BCUT2D eigenvalue weighted by molar-refractivity contribution is -0.122. The van der Waals surface area contributed by atoms with Crippen LogP contribution in [0.4, 0.5) is 4.39 Å². The fourth-order valence-corrected chi connectivity index (χ4v) is 2.62. The Balaban J connectivity index is 1.69. The molecule has 1 N–H and O–H groups in total. The van der Waals surface area contributed by atoms with Gasteiger partial charge in [0.25, 0.3) is 5.56 Å². The number of benzene rings is 2. The number of halogens is 1. The Morgan fingerprint density at radius 3 is 2.33 bits per heavy atom. The fraction of sp³-hybridized carbons (Fsp3) is 0.190. The van der Waals surface area contributed by atoms with E-state index in [1.165, 1.54) is 23.8 Å². The second-order valence-corrected chi connectivity index (χ2v) is 6.17. The standard InChI is InChI=1S/C21H20FN3O2/c1-2-15-3-7-17(8-4-15)19-11-12-21(27)25(24-19)14-20(26)23-13-16-5-9-18(22)10-6-16/h3-12H,2,13-14H2,1H3,(H,23,26). The lowest BCUT2D eigenvalue weighted by atomic mass is 10.1. The number of hydrogen-bond acceptors (Lipinski definition) is 3. The molecule has 6 heteroatoms. The third-order valence-electron chi connectivity index (χ3n) is 4.22. The molecule has 3 aromatic rings. The zero-order valence-electron chi connectivity index (χ0n) is 15.0. The second kappa shape index (κ2) is 8.40. The van der Waals surface area contributed by atoms with E-state index >= 15 is 0 Å². The molecule has 0 aliphatic carbocycles. The maximum Gasteiger partial charge on any atom is 0.267 e. The summed E-state index contributed by atoms with van der Waals surface area (Å²) in [4.78, 5) is 24.2. The Labute approximate surface area is 156 Å². The Morgan fingerprint density at radius 1 is 1.00 bits per heavy atom. The van der Waals surface area contributed by atoms with Crippen molar-refractivity contribution in [2.75, 3.05) is 0 Å². The van der Waals surface area contributed by atoms with E-state index < -0.39 is 0 Å². The Morgan fingerprint density at radius 2 is 1.67 bits per heavy atom. The highest BCUT2D eigenvalue weighted by molar-refractivity contribution is 5.75. The van der Waals surface area contributed by atoms with Gasteiger partial charge in [0.05, 0.1) is 5.69 Å². The summed E-state index contributed by atoms with van der Waals surface area (Å²) in [6, 6.07) is 16.8. The van der Waals surface area contributed by atoms with Crippen LogP contribution < -0.4 is 10.9 Å². The molecule has 0 bridgehead atoms. The van der Waals surface area contributed by atoms with Gasteiger partial charge in [-0.25, -0.2) is 9.07 Å². The topological polar surface area (TPSA) is 64.0 Å². The average Bonchev–Trinajstić information content (AvgIpc) is 2.69. The average molecular weight is 365 g/mol. The van der Waals surface area contributed by atoms with Gasteiger partial charge in [0.2, 0.25) is 5.91 Å². The van der Waals surface area contributed by atoms with E-state index in [4.69, 9.17) is 0 Å². The highest BCUT2D eigenvalue weighted by atomic mass is 19.1. The van der Waals surface area contributed by atoms with Gasteiger partial charge in [-0.2, -0.15) is 5.10 Å². The molecule has 0 atom stereocenters. The lowest BCUT2D eigenvalue weighted by Gasteiger charge is -2.09. The third-order valence-corrected chi connectivity index (χ3v) is 4.22. The van der Waals surface area contributed by atoms with Crippen LogP contribution in [0.2, 0.25) is 0 Å². The zero-order chi connectivity index (χ0) is 19.2. The molecule has 0 fully saturated rings. The van der Waals surface area contributed by atoms with Crippen LogP contribution >= 0.6 is 0 Å². The van der Waals surface area contributed by atoms with Gasteiger partial charge in [0, 0.05) is 18.2 Å². The van der Waals surface area contributed by atoms with Crippen molar-refractivity contribution in [1.82, 2.24) is 15.1 Å². The van der Waals surface area contributed by atoms with Gasteiger partial charge in [0.15, 0.2) is 0 Å². The first-order chi connectivity index (χ1) is 13.0. The predicted octanol–water partition coefficient (Wildman–Crippen LogP) is 2.93. The number of aromatic nitrogens is 2. The summed E-state index contributed by atoms with van der Waals surface area (Å²) in [6.45, 7) is 2.16. The highest BCUT2D eigenvalue weighted by Gasteiger charge is 2.08. The number of carbonyl (C=O) groups is 1. The maximum atomic E-state index is 12.9. The van der Waals surface area contributed by atoms with E-state index in [1.54, 1.807) is 18.2 Å². The minimum absolute atomic E-state index is 0.180. The zero-order valence-corrected chi connectivity index (χ0v) is 15.0. The Kier molecular flexibility index (Phi) is 5.76. The van der Waals surface area contributed by atoms with E-state index in [9.17, 15) is 14.0 Å². The number of hydrogen-bond donors (Lipinski definition) is 1. The van der Waals surface area contributed by atoms with Gasteiger partial charge >= 0.3 is 0 Å². The summed E-state index contributed by atoms with van der Waals surface area (Å²) in [5.41, 5.74) is 3.15. The summed E-state index contributed by atoms with van der Waals surface area (Å²) >= 11 is 0. The van der Waals surface area contributed by atoms with Gasteiger partial charge in [-0.3, -0.25) is 9.59 Å². The van der Waals surface area contributed by atoms with Gasteiger partial charge in [-0.15, -0.1) is 0 Å². The van der Waals surface area contributed by atoms with Crippen molar-refractivity contribution < 1.29 is 9.18 Å². The monoisotopic (exact) mass is 365 g/mol. The van der Waals surface area contributed by atoms with Gasteiger partial charge in [-0.1, -0.05) is 43.3 Å². The van der Waals surface area contributed by atoms with Crippen molar-refractivity contribution in [3.63, 3.8) is 0 Å². The van der Waals surface area contributed by atoms with Gasteiger partial charge in [0.1, 0.15) is 12.4 Å². The molecule has 27 heavy (non-hydrogen) atoms. The summed E-state index contributed by atoms with van der Waals surface area (Å²) in [6.07, 6.45) is 0.946. The molecule has 138 valence electrons. The molecule has 0 spiro atoms. The SMILES string of the molecule is CCc1ccc(-c2ccc(=O)n(CC(=O)NCc3ccc(F)cc3)n2)cc1. The minimum atomic E-state index is -0.346. The normalized spacial score (nSPS) is 10.6. The molecule has 0 aliphatic heterocycles. The number of carbonyl (C=O) groups excluding carboxylic acids is 1. The van der Waals surface area contributed by atoms with Crippen LogP contribution in [0.5, 0.6) is 0 Å². The van der Waals surface area contributed by atoms with Crippen molar-refractivity contribution in [2.45, 2.75) is 26.4 Å². The summed E-state index contributed by atoms with van der Waals surface area (Å²) in [7, 11) is 0. The van der Waals surface area contributed by atoms with Crippen LogP contribution in [0.15, 0.2) is 65.5 Å². The molecule has 0 saturated carbocycles. The number of amides is 1. The van der Waals surface area contributed by atoms with E-state index in [2.05, 4.69) is 17.3 Å². The van der Waals surface area contributed by atoms with Gasteiger partial charge in [-0.05, 0) is 35.7 Å². The predicted molar refractivity (Wildman–Crippen MR) is 102 cm³/mol. The smallest absolute Gasteiger partial charge is 0.267 e. The number of rotatable bonds is 6. The molecule has 0 radical (unpaired) electrons. The first-order valence-corrected chi connectivity index (χ1v) is 8.74. The molecule has 5 nitrogen and oxygen atoms in total. The first kappa shape index (κ1) is 18.5. The van der Waals surface area contributed by atoms with Crippen LogP contribution in [0, 0.1) is 5.82 Å². The minimum Gasteiger partial charge on any atom is -0.350 e. The van der Waals surface area contributed by atoms with Crippen molar-refractivity contribution in [2.24, 2.45) is 0 Å².